The zero-order chi connectivity index (χ0) is 34.0. The topological polar surface area (TPSA) is 56.0 Å². The van der Waals surface area contributed by atoms with Crippen LogP contribution in [0, 0.1) is 0 Å². The fraction of sp³-hybridized carbons (Fsp3) is 0. The molecule has 5 heteroatoms. The quantitative estimate of drug-likeness (QED) is 0.172. The molecule has 0 atom stereocenters. The molecule has 0 spiro atoms. The molecule has 0 radical (unpaired) electrons. The van der Waals surface area contributed by atoms with E-state index in [1.165, 1.54) is 0 Å². The molecule has 9 aromatic rings. The molecule has 0 bridgehead atoms. The maximum Gasteiger partial charge on any atom is 0.138 e. The molecule has 9 rings (SSSR count). The van der Waals surface area contributed by atoms with Crippen molar-refractivity contribution in [2.75, 3.05) is 0 Å². The van der Waals surface area contributed by atoms with Gasteiger partial charge in [0, 0.05) is 40.2 Å². The van der Waals surface area contributed by atoms with Crippen molar-refractivity contribution in [1.29, 1.82) is 0 Å². The molecule has 0 aliphatic rings. The predicted octanol–water partition coefficient (Wildman–Crippen LogP) is 11.2. The van der Waals surface area contributed by atoms with Crippen molar-refractivity contribution in [3.8, 4) is 78.8 Å². The van der Waals surface area contributed by atoms with Crippen molar-refractivity contribution in [2.45, 2.75) is 0 Å². The summed E-state index contributed by atoms with van der Waals surface area (Å²) in [4.78, 5) is 20.5. The van der Waals surface area contributed by atoms with E-state index >= 15 is 0 Å². The first-order chi connectivity index (χ1) is 25.3. The van der Waals surface area contributed by atoms with Gasteiger partial charge in [-0.1, -0.05) is 140 Å². The standard InChI is InChI=1S/C46H31N5/c1-4-16-32(17-5-1)41-42(33-18-6-2-7-19-33)50-44(43(49-41)34-20-8-3-9-21-34)37-24-14-22-35(30-37)36-23-15-25-38(31-36)46-45(39-26-10-12-28-47-39)48-40-27-11-13-29-51(40)46/h1-31H. The fourth-order valence-electron chi connectivity index (χ4n) is 6.67. The van der Waals surface area contributed by atoms with Gasteiger partial charge in [0.2, 0.25) is 0 Å². The van der Waals surface area contributed by atoms with Crippen LogP contribution in [0.15, 0.2) is 188 Å². The minimum absolute atomic E-state index is 0.831. The Labute approximate surface area is 296 Å². The van der Waals surface area contributed by atoms with Gasteiger partial charge < -0.3 is 0 Å². The van der Waals surface area contributed by atoms with Crippen LogP contribution in [0.4, 0.5) is 0 Å². The summed E-state index contributed by atoms with van der Waals surface area (Å²) >= 11 is 0. The molecule has 4 aromatic heterocycles. The van der Waals surface area contributed by atoms with E-state index in [4.69, 9.17) is 15.0 Å². The molecule has 0 aliphatic heterocycles. The Kier molecular flexibility index (Phi) is 7.76. The molecular formula is C46H31N5. The van der Waals surface area contributed by atoms with Crippen LogP contribution in [0.5, 0.6) is 0 Å². The van der Waals surface area contributed by atoms with Crippen LogP contribution in [0.25, 0.3) is 84.4 Å². The predicted molar refractivity (Wildman–Crippen MR) is 207 cm³/mol. The molecule has 0 N–H and O–H groups in total. The molecule has 0 aliphatic carbocycles. The second-order valence-corrected chi connectivity index (χ2v) is 12.3. The Bertz CT molecular complexity index is 2620. The summed E-state index contributed by atoms with van der Waals surface area (Å²) in [5, 5.41) is 0. The van der Waals surface area contributed by atoms with Crippen molar-refractivity contribution < 1.29 is 0 Å². The number of nitrogens with zero attached hydrogens (tertiary/aromatic N) is 5. The van der Waals surface area contributed by atoms with Crippen molar-refractivity contribution in [3.63, 3.8) is 0 Å². The van der Waals surface area contributed by atoms with Crippen LogP contribution in [0.3, 0.4) is 0 Å². The summed E-state index contributed by atoms with van der Waals surface area (Å²) in [5.41, 5.74) is 14.2. The number of benzene rings is 5. The lowest BCUT2D eigenvalue weighted by Crippen LogP contribution is -2.01. The average molecular weight is 654 g/mol. The normalized spacial score (nSPS) is 11.1. The van der Waals surface area contributed by atoms with Crippen molar-refractivity contribution >= 4 is 5.65 Å². The van der Waals surface area contributed by atoms with E-state index in [1.807, 2.05) is 85.1 Å². The van der Waals surface area contributed by atoms with E-state index in [9.17, 15) is 0 Å². The summed E-state index contributed by atoms with van der Waals surface area (Å²) < 4.78 is 2.14. The monoisotopic (exact) mass is 653 g/mol. The fourth-order valence-corrected chi connectivity index (χ4v) is 6.67. The summed E-state index contributed by atoms with van der Waals surface area (Å²) in [6, 6.07) is 60.3. The minimum atomic E-state index is 0.831. The van der Waals surface area contributed by atoms with Gasteiger partial charge in [0.25, 0.3) is 0 Å². The van der Waals surface area contributed by atoms with Crippen molar-refractivity contribution in [2.24, 2.45) is 0 Å². The molecule has 0 unspecified atom stereocenters. The van der Waals surface area contributed by atoms with Crippen molar-refractivity contribution in [1.82, 2.24) is 24.3 Å². The highest BCUT2D eigenvalue weighted by molar-refractivity contribution is 5.88. The van der Waals surface area contributed by atoms with E-state index < -0.39 is 0 Å². The van der Waals surface area contributed by atoms with Crippen LogP contribution in [0.1, 0.15) is 0 Å². The van der Waals surface area contributed by atoms with Gasteiger partial charge in [0.1, 0.15) is 11.3 Å². The van der Waals surface area contributed by atoms with E-state index in [-0.39, 0.29) is 0 Å². The van der Waals surface area contributed by atoms with Crippen LogP contribution < -0.4 is 0 Å². The molecule has 0 fully saturated rings. The van der Waals surface area contributed by atoms with Gasteiger partial charge in [-0.25, -0.2) is 15.0 Å². The van der Waals surface area contributed by atoms with Crippen LogP contribution in [-0.2, 0) is 0 Å². The molecule has 0 amide bonds. The Balaban J connectivity index is 1.21. The number of hydrogen-bond donors (Lipinski definition) is 0. The summed E-state index contributed by atoms with van der Waals surface area (Å²) in [5.74, 6) is 0. The highest BCUT2D eigenvalue weighted by Gasteiger charge is 2.21. The number of pyridine rings is 2. The van der Waals surface area contributed by atoms with Gasteiger partial charge in [-0.15, -0.1) is 0 Å². The largest absolute Gasteiger partial charge is 0.299 e. The number of imidazole rings is 1. The average Bonchev–Trinajstić information content (AvgIpc) is 3.62. The SMILES string of the molecule is c1ccc(-c2nc(-c3ccccc3)c(-c3cccc(-c4cccc(-c5c(-c6ccccn6)nc6ccccn56)c4)c3)nc2-c2ccccc2)cc1. The smallest absolute Gasteiger partial charge is 0.138 e. The summed E-state index contributed by atoms with van der Waals surface area (Å²) in [6.45, 7) is 0. The number of hydrogen-bond acceptors (Lipinski definition) is 4. The number of fused-ring (bicyclic) bond motifs is 1. The summed E-state index contributed by atoms with van der Waals surface area (Å²) in [6.07, 6.45) is 3.87. The first-order valence-electron chi connectivity index (χ1n) is 17.0. The van der Waals surface area contributed by atoms with Gasteiger partial charge in [-0.05, 0) is 47.5 Å². The number of rotatable bonds is 7. The van der Waals surface area contributed by atoms with Gasteiger partial charge in [-0.3, -0.25) is 9.38 Å². The second-order valence-electron chi connectivity index (χ2n) is 12.3. The lowest BCUT2D eigenvalue weighted by Gasteiger charge is -2.16. The highest BCUT2D eigenvalue weighted by atomic mass is 15.0. The highest BCUT2D eigenvalue weighted by Crippen LogP contribution is 2.39. The maximum atomic E-state index is 5.46. The lowest BCUT2D eigenvalue weighted by atomic mass is 9.96. The van der Waals surface area contributed by atoms with Gasteiger partial charge in [0.05, 0.1) is 34.2 Å². The molecular weight excluding hydrogens is 623 g/mol. The van der Waals surface area contributed by atoms with Crippen molar-refractivity contribution in [3.05, 3.63) is 188 Å². The zero-order valence-corrected chi connectivity index (χ0v) is 27.6. The Morgan fingerprint density at radius 2 is 0.804 bits per heavy atom. The van der Waals surface area contributed by atoms with Crippen LogP contribution >= 0.6 is 0 Å². The van der Waals surface area contributed by atoms with E-state index in [1.54, 1.807) is 0 Å². The van der Waals surface area contributed by atoms with Gasteiger partial charge in [-0.2, -0.15) is 0 Å². The first kappa shape index (κ1) is 30.1. The Morgan fingerprint density at radius 1 is 0.333 bits per heavy atom. The molecule has 5 nitrogen and oxygen atoms in total. The molecule has 5 aromatic carbocycles. The molecule has 0 saturated heterocycles. The van der Waals surface area contributed by atoms with Gasteiger partial charge >= 0.3 is 0 Å². The zero-order valence-electron chi connectivity index (χ0n) is 27.6. The maximum absolute atomic E-state index is 5.46. The van der Waals surface area contributed by atoms with Crippen LogP contribution in [0.2, 0.25) is 0 Å². The Morgan fingerprint density at radius 3 is 1.37 bits per heavy atom. The minimum Gasteiger partial charge on any atom is -0.299 e. The van der Waals surface area contributed by atoms with E-state index in [0.29, 0.717) is 0 Å². The Hall–Kier alpha value is -6.98. The third-order valence-electron chi connectivity index (χ3n) is 9.08. The van der Waals surface area contributed by atoms with E-state index in [2.05, 4.69) is 113 Å². The molecule has 240 valence electrons. The first-order valence-corrected chi connectivity index (χ1v) is 17.0. The van der Waals surface area contributed by atoms with Gasteiger partial charge in [0.15, 0.2) is 0 Å². The van der Waals surface area contributed by atoms with Crippen LogP contribution in [-0.4, -0.2) is 24.3 Å². The third-order valence-corrected chi connectivity index (χ3v) is 9.08. The van der Waals surface area contributed by atoms with E-state index in [0.717, 1.165) is 84.4 Å². The third kappa shape index (κ3) is 5.77. The number of aromatic nitrogens is 5. The molecule has 4 heterocycles. The molecule has 51 heavy (non-hydrogen) atoms. The second kappa shape index (κ2) is 13.1. The lowest BCUT2D eigenvalue weighted by molar-refractivity contribution is 1.19. The molecule has 0 saturated carbocycles. The summed E-state index contributed by atoms with van der Waals surface area (Å²) in [7, 11) is 0.